The molecule has 108 valence electrons. The molecule has 0 amide bonds. The van der Waals surface area contributed by atoms with Crippen molar-refractivity contribution < 1.29 is 8.42 Å². The molecule has 2 N–H and O–H groups in total. The Kier molecular flexibility index (Phi) is 4.64. The van der Waals surface area contributed by atoms with E-state index in [0.717, 1.165) is 0 Å². The monoisotopic (exact) mass is 296 g/mol. The Morgan fingerprint density at radius 1 is 1.30 bits per heavy atom. The van der Waals surface area contributed by atoms with Crippen LogP contribution in [-0.2, 0) is 10.0 Å². The van der Waals surface area contributed by atoms with Crippen LogP contribution in [0.5, 0.6) is 0 Å². The van der Waals surface area contributed by atoms with E-state index < -0.39 is 10.0 Å². The lowest BCUT2D eigenvalue weighted by atomic mass is 10.5. The number of nitrogens with one attached hydrogen (secondary N) is 2. The molecule has 0 atom stereocenters. The quantitative estimate of drug-likeness (QED) is 0.698. The second kappa shape index (κ2) is 6.44. The number of sulfonamides is 1. The van der Waals surface area contributed by atoms with E-state index in [-0.39, 0.29) is 5.75 Å². The van der Waals surface area contributed by atoms with Gasteiger partial charge in [-0.15, -0.1) is 0 Å². The summed E-state index contributed by atoms with van der Waals surface area (Å²) in [7, 11) is -3.16. The minimum absolute atomic E-state index is 0.0710. The first-order valence-corrected chi connectivity index (χ1v) is 7.79. The summed E-state index contributed by atoms with van der Waals surface area (Å²) in [5.41, 5.74) is 0. The molecule has 0 aromatic carbocycles. The largest absolute Gasteiger partial charge is 0.367 e. The fourth-order valence-electron chi connectivity index (χ4n) is 1.45. The topological polar surface area (TPSA) is 102 Å². The molecule has 2 aromatic rings. The molecule has 0 aliphatic carbocycles. The van der Waals surface area contributed by atoms with Gasteiger partial charge in [-0.25, -0.2) is 22.8 Å². The minimum Gasteiger partial charge on any atom is -0.367 e. The summed E-state index contributed by atoms with van der Waals surface area (Å²) in [6.45, 7) is 2.31. The molecule has 0 fully saturated rings. The van der Waals surface area contributed by atoms with Crippen LogP contribution < -0.4 is 10.0 Å². The lowest BCUT2D eigenvalue weighted by Crippen LogP contribution is -2.30. The first-order chi connectivity index (χ1) is 9.61. The van der Waals surface area contributed by atoms with E-state index in [4.69, 9.17) is 0 Å². The minimum atomic E-state index is -3.16. The van der Waals surface area contributed by atoms with Crippen molar-refractivity contribution in [3.8, 4) is 5.82 Å². The molecule has 2 aromatic heterocycles. The molecule has 8 nitrogen and oxygen atoms in total. The van der Waals surface area contributed by atoms with Gasteiger partial charge in [0.15, 0.2) is 5.82 Å². The Balaban J connectivity index is 1.89. The molecule has 0 radical (unpaired) electrons. The van der Waals surface area contributed by atoms with E-state index in [1.54, 1.807) is 42.5 Å². The molecule has 0 saturated carbocycles. The van der Waals surface area contributed by atoms with Gasteiger partial charge in [0.2, 0.25) is 10.0 Å². The molecule has 9 heteroatoms. The van der Waals surface area contributed by atoms with Crippen LogP contribution in [-0.4, -0.2) is 47.0 Å². The van der Waals surface area contributed by atoms with Gasteiger partial charge in [-0.1, -0.05) is 0 Å². The zero-order valence-electron chi connectivity index (χ0n) is 11.0. The fraction of sp³-hybridized carbons (Fsp3) is 0.364. The van der Waals surface area contributed by atoms with Gasteiger partial charge in [0.05, 0.1) is 18.1 Å². The molecule has 0 spiro atoms. The third kappa shape index (κ3) is 4.00. The summed E-state index contributed by atoms with van der Waals surface area (Å²) in [5, 5.41) is 7.06. The zero-order valence-corrected chi connectivity index (χ0v) is 11.8. The van der Waals surface area contributed by atoms with Crippen LogP contribution in [0.3, 0.4) is 0 Å². The number of hydrogen-bond acceptors (Lipinski definition) is 6. The normalized spacial score (nSPS) is 11.4. The highest BCUT2D eigenvalue weighted by Gasteiger charge is 2.05. The van der Waals surface area contributed by atoms with Gasteiger partial charge in [-0.2, -0.15) is 5.10 Å². The maximum absolute atomic E-state index is 11.2. The Morgan fingerprint density at radius 3 is 2.85 bits per heavy atom. The van der Waals surface area contributed by atoms with Gasteiger partial charge in [0.25, 0.3) is 0 Å². The van der Waals surface area contributed by atoms with Crippen molar-refractivity contribution in [1.82, 2.24) is 24.5 Å². The van der Waals surface area contributed by atoms with Crippen LogP contribution in [0.1, 0.15) is 6.92 Å². The molecule has 20 heavy (non-hydrogen) atoms. The molecule has 0 aliphatic rings. The van der Waals surface area contributed by atoms with Crippen molar-refractivity contribution >= 4 is 15.8 Å². The molecular formula is C11H16N6O2S. The summed E-state index contributed by atoms with van der Waals surface area (Å²) < 4.78 is 26.5. The average Bonchev–Trinajstić information content (AvgIpc) is 2.98. The Labute approximate surface area is 117 Å². The van der Waals surface area contributed by atoms with Crippen LogP contribution in [0.4, 0.5) is 5.82 Å². The maximum Gasteiger partial charge on any atom is 0.211 e. The molecule has 2 rings (SSSR count). The summed E-state index contributed by atoms with van der Waals surface area (Å²) in [6.07, 6.45) is 6.59. The smallest absolute Gasteiger partial charge is 0.211 e. The van der Waals surface area contributed by atoms with Gasteiger partial charge >= 0.3 is 0 Å². The summed E-state index contributed by atoms with van der Waals surface area (Å²) in [5.74, 6) is 1.23. The van der Waals surface area contributed by atoms with Crippen LogP contribution in [0.15, 0.2) is 30.9 Å². The third-order valence-electron chi connectivity index (χ3n) is 2.49. The number of anilines is 1. The van der Waals surface area contributed by atoms with Crippen LogP contribution in [0.25, 0.3) is 5.82 Å². The summed E-state index contributed by atoms with van der Waals surface area (Å²) in [4.78, 5) is 8.38. The van der Waals surface area contributed by atoms with Gasteiger partial charge in [-0.05, 0) is 13.0 Å². The van der Waals surface area contributed by atoms with Gasteiger partial charge in [0.1, 0.15) is 5.82 Å². The van der Waals surface area contributed by atoms with Crippen molar-refractivity contribution in [1.29, 1.82) is 0 Å². The van der Waals surface area contributed by atoms with Gasteiger partial charge in [0, 0.05) is 25.5 Å². The number of hydrogen-bond donors (Lipinski definition) is 2. The Bertz CT molecular complexity index is 641. The molecule has 0 bridgehead atoms. The maximum atomic E-state index is 11.2. The lowest BCUT2D eigenvalue weighted by Gasteiger charge is -2.07. The van der Waals surface area contributed by atoms with Crippen molar-refractivity contribution in [2.75, 3.05) is 24.2 Å². The molecule has 0 saturated heterocycles. The van der Waals surface area contributed by atoms with E-state index in [9.17, 15) is 8.42 Å². The van der Waals surface area contributed by atoms with Crippen LogP contribution >= 0.6 is 0 Å². The molecular weight excluding hydrogens is 280 g/mol. The highest BCUT2D eigenvalue weighted by Crippen LogP contribution is 2.05. The highest BCUT2D eigenvalue weighted by atomic mass is 32.2. The van der Waals surface area contributed by atoms with Crippen molar-refractivity contribution in [2.45, 2.75) is 6.92 Å². The van der Waals surface area contributed by atoms with E-state index in [0.29, 0.717) is 24.7 Å². The number of rotatable bonds is 7. The van der Waals surface area contributed by atoms with E-state index in [1.165, 1.54) is 0 Å². The molecule has 2 heterocycles. The second-order valence-electron chi connectivity index (χ2n) is 3.94. The second-order valence-corrected chi connectivity index (χ2v) is 6.03. The number of nitrogens with zero attached hydrogens (tertiary/aromatic N) is 4. The first kappa shape index (κ1) is 14.4. The highest BCUT2D eigenvalue weighted by molar-refractivity contribution is 7.89. The van der Waals surface area contributed by atoms with E-state index in [1.807, 2.05) is 0 Å². The first-order valence-electron chi connectivity index (χ1n) is 6.14. The predicted molar refractivity (Wildman–Crippen MR) is 75.1 cm³/mol. The van der Waals surface area contributed by atoms with E-state index >= 15 is 0 Å². The fourth-order valence-corrected chi connectivity index (χ4v) is 2.07. The van der Waals surface area contributed by atoms with E-state index in [2.05, 4.69) is 25.1 Å². The Morgan fingerprint density at radius 2 is 2.15 bits per heavy atom. The van der Waals surface area contributed by atoms with Crippen molar-refractivity contribution in [2.24, 2.45) is 0 Å². The van der Waals surface area contributed by atoms with Crippen LogP contribution in [0.2, 0.25) is 0 Å². The summed E-state index contributed by atoms with van der Waals surface area (Å²) >= 11 is 0. The van der Waals surface area contributed by atoms with Crippen molar-refractivity contribution in [3.63, 3.8) is 0 Å². The van der Waals surface area contributed by atoms with Crippen LogP contribution in [0, 0.1) is 0 Å². The lowest BCUT2D eigenvalue weighted by molar-refractivity contribution is 0.584. The zero-order chi connectivity index (χ0) is 14.4. The summed E-state index contributed by atoms with van der Waals surface area (Å²) in [6, 6.07) is 1.79. The SMILES string of the molecule is CCS(=O)(=O)NCCNc1cncc(-n2cccn2)n1. The average molecular weight is 296 g/mol. The van der Waals surface area contributed by atoms with Crippen molar-refractivity contribution in [3.05, 3.63) is 30.9 Å². The van der Waals surface area contributed by atoms with Gasteiger partial charge in [-0.3, -0.25) is 4.98 Å². The third-order valence-corrected chi connectivity index (χ3v) is 3.90. The molecule has 0 aliphatic heterocycles. The Hall–Kier alpha value is -2.00. The molecule has 0 unspecified atom stereocenters. The number of aromatic nitrogens is 4. The predicted octanol–water partition coefficient (Wildman–Crippen LogP) is 0.0135. The standard InChI is InChI=1S/C11H16N6O2S/c1-2-20(18,19)15-6-5-13-10-8-12-9-11(16-10)17-7-3-4-14-17/h3-4,7-9,15H,2,5-6H2,1H3,(H,13,16). The van der Waals surface area contributed by atoms with Gasteiger partial charge < -0.3 is 5.32 Å².